The Bertz CT molecular complexity index is 820. The second-order valence-electron chi connectivity index (χ2n) is 7.38. The van der Waals surface area contributed by atoms with Gasteiger partial charge in [-0.3, -0.25) is 19.2 Å². The van der Waals surface area contributed by atoms with Gasteiger partial charge in [0.05, 0.1) is 23.1 Å². The third-order valence-corrected chi connectivity index (χ3v) is 5.64. The van der Waals surface area contributed by atoms with E-state index in [1.807, 2.05) is 58.2 Å². The number of nitrogens with zero attached hydrogens (tertiary/aromatic N) is 3. The highest BCUT2D eigenvalue weighted by molar-refractivity contribution is 5.98. The number of amides is 1. The van der Waals surface area contributed by atoms with Crippen molar-refractivity contribution in [1.29, 1.82) is 0 Å². The van der Waals surface area contributed by atoms with E-state index < -0.39 is 0 Å². The normalized spacial score (nSPS) is 16.9. The molecular formula is C21H28N4O2. The molecule has 0 spiro atoms. The van der Waals surface area contributed by atoms with Crippen molar-refractivity contribution in [2.75, 3.05) is 18.4 Å². The molecule has 1 fully saturated rings. The van der Waals surface area contributed by atoms with Gasteiger partial charge in [0, 0.05) is 18.5 Å². The third kappa shape index (κ3) is 4.11. The molecular weight excluding hydrogens is 340 g/mol. The maximum atomic E-state index is 12.7. The van der Waals surface area contributed by atoms with Crippen molar-refractivity contribution in [3.05, 3.63) is 47.3 Å². The Kier molecular flexibility index (Phi) is 5.75. The van der Waals surface area contributed by atoms with Crippen LogP contribution in [-0.4, -0.2) is 45.5 Å². The molecule has 2 heterocycles. The van der Waals surface area contributed by atoms with E-state index in [-0.39, 0.29) is 23.7 Å². The Morgan fingerprint density at radius 2 is 1.78 bits per heavy atom. The van der Waals surface area contributed by atoms with Crippen molar-refractivity contribution < 1.29 is 9.59 Å². The van der Waals surface area contributed by atoms with Gasteiger partial charge < -0.3 is 5.32 Å². The number of likely N-dealkylation sites (tertiary alicyclic amines) is 1. The van der Waals surface area contributed by atoms with Crippen molar-refractivity contribution in [2.45, 2.75) is 39.7 Å². The molecule has 3 rings (SSSR count). The van der Waals surface area contributed by atoms with Crippen LogP contribution in [0.5, 0.6) is 0 Å². The number of carbonyl (C=O) groups excluding carboxylic acids is 2. The highest BCUT2D eigenvalue weighted by Gasteiger charge is 2.30. The van der Waals surface area contributed by atoms with Gasteiger partial charge in [0.1, 0.15) is 0 Å². The van der Waals surface area contributed by atoms with Crippen LogP contribution in [0.3, 0.4) is 0 Å². The Morgan fingerprint density at radius 1 is 1.15 bits per heavy atom. The molecule has 0 aliphatic carbocycles. The lowest BCUT2D eigenvalue weighted by Gasteiger charge is -2.34. The van der Waals surface area contributed by atoms with Crippen molar-refractivity contribution in [3.8, 4) is 0 Å². The molecule has 0 saturated carbocycles. The van der Waals surface area contributed by atoms with Gasteiger partial charge in [-0.2, -0.15) is 5.10 Å². The number of benzene rings is 1. The van der Waals surface area contributed by atoms with Crippen molar-refractivity contribution in [1.82, 2.24) is 14.7 Å². The number of anilines is 1. The second kappa shape index (κ2) is 8.05. The number of hydrogen-bond donors (Lipinski definition) is 1. The highest BCUT2D eigenvalue weighted by atomic mass is 16.2. The Labute approximate surface area is 160 Å². The fourth-order valence-corrected chi connectivity index (χ4v) is 3.74. The van der Waals surface area contributed by atoms with Crippen LogP contribution in [0.25, 0.3) is 0 Å². The standard InChI is InChI=1S/C21H28N4O2/c1-14-19(15(2)24(4)23-14)22-21(27)16(3)25-12-10-18(11-13-25)20(26)17-8-6-5-7-9-17/h5-9,16,18H,10-13H2,1-4H3,(H,22,27). The summed E-state index contributed by atoms with van der Waals surface area (Å²) in [6, 6.07) is 9.24. The van der Waals surface area contributed by atoms with E-state index in [1.54, 1.807) is 4.68 Å². The van der Waals surface area contributed by atoms with Crippen molar-refractivity contribution >= 4 is 17.4 Å². The summed E-state index contributed by atoms with van der Waals surface area (Å²) in [6.45, 7) is 7.27. The largest absolute Gasteiger partial charge is 0.322 e. The van der Waals surface area contributed by atoms with Gasteiger partial charge in [-0.05, 0) is 46.7 Å². The zero-order valence-corrected chi connectivity index (χ0v) is 16.5. The predicted octanol–water partition coefficient (Wildman–Crippen LogP) is 2.96. The van der Waals surface area contributed by atoms with Crippen molar-refractivity contribution in [2.24, 2.45) is 13.0 Å². The summed E-state index contributed by atoms with van der Waals surface area (Å²) in [6.07, 6.45) is 1.58. The average Bonchev–Trinajstić information content (AvgIpc) is 2.93. The number of aromatic nitrogens is 2. The van der Waals surface area contributed by atoms with Crippen LogP contribution in [-0.2, 0) is 11.8 Å². The van der Waals surface area contributed by atoms with E-state index in [1.165, 1.54) is 0 Å². The van der Waals surface area contributed by atoms with Gasteiger partial charge in [-0.15, -0.1) is 0 Å². The first-order valence-corrected chi connectivity index (χ1v) is 9.53. The van der Waals surface area contributed by atoms with Gasteiger partial charge in [-0.1, -0.05) is 30.3 Å². The summed E-state index contributed by atoms with van der Waals surface area (Å²) in [5, 5.41) is 7.37. The maximum Gasteiger partial charge on any atom is 0.241 e. The molecule has 1 atom stereocenters. The zero-order chi connectivity index (χ0) is 19.6. The Morgan fingerprint density at radius 3 is 2.33 bits per heavy atom. The number of rotatable bonds is 5. The van der Waals surface area contributed by atoms with Crippen LogP contribution in [0.15, 0.2) is 30.3 Å². The summed E-state index contributed by atoms with van der Waals surface area (Å²) in [4.78, 5) is 27.5. The molecule has 144 valence electrons. The minimum Gasteiger partial charge on any atom is -0.322 e. The lowest BCUT2D eigenvalue weighted by atomic mass is 9.88. The molecule has 1 unspecified atom stereocenters. The van der Waals surface area contributed by atoms with Crippen LogP contribution in [0.4, 0.5) is 5.69 Å². The molecule has 1 aromatic carbocycles. The molecule has 2 aromatic rings. The lowest BCUT2D eigenvalue weighted by molar-refractivity contribution is -0.121. The van der Waals surface area contributed by atoms with E-state index in [0.29, 0.717) is 0 Å². The zero-order valence-electron chi connectivity index (χ0n) is 16.5. The van der Waals surface area contributed by atoms with E-state index in [4.69, 9.17) is 0 Å². The van der Waals surface area contributed by atoms with Crippen LogP contribution < -0.4 is 5.32 Å². The third-order valence-electron chi connectivity index (χ3n) is 5.64. The molecule has 1 amide bonds. The van der Waals surface area contributed by atoms with Crippen LogP contribution in [0, 0.1) is 19.8 Å². The first-order valence-electron chi connectivity index (χ1n) is 9.53. The minimum absolute atomic E-state index is 0.0259. The van der Waals surface area contributed by atoms with E-state index in [2.05, 4.69) is 15.3 Å². The maximum absolute atomic E-state index is 12.7. The molecule has 1 N–H and O–H groups in total. The van der Waals surface area contributed by atoms with Crippen LogP contribution >= 0.6 is 0 Å². The molecule has 1 aliphatic rings. The van der Waals surface area contributed by atoms with Crippen LogP contribution in [0.1, 0.15) is 41.5 Å². The Balaban J connectivity index is 1.57. The number of aryl methyl sites for hydroxylation is 2. The predicted molar refractivity (Wildman–Crippen MR) is 106 cm³/mol. The molecule has 6 nitrogen and oxygen atoms in total. The van der Waals surface area contributed by atoms with Gasteiger partial charge >= 0.3 is 0 Å². The number of Topliss-reactive ketones (excluding diaryl/α,β-unsaturated/α-hetero) is 1. The molecule has 27 heavy (non-hydrogen) atoms. The first kappa shape index (κ1) is 19.3. The van der Waals surface area contributed by atoms with Gasteiger partial charge in [0.15, 0.2) is 5.78 Å². The topological polar surface area (TPSA) is 67.2 Å². The van der Waals surface area contributed by atoms with E-state index in [0.717, 1.165) is 48.6 Å². The quantitative estimate of drug-likeness (QED) is 0.824. The smallest absolute Gasteiger partial charge is 0.241 e. The summed E-state index contributed by atoms with van der Waals surface area (Å²) < 4.78 is 1.77. The highest BCUT2D eigenvalue weighted by Crippen LogP contribution is 2.24. The number of nitrogens with one attached hydrogen (secondary N) is 1. The lowest BCUT2D eigenvalue weighted by Crippen LogP contribution is -2.47. The second-order valence-corrected chi connectivity index (χ2v) is 7.38. The fourth-order valence-electron chi connectivity index (χ4n) is 3.74. The summed E-state index contributed by atoms with van der Waals surface area (Å²) in [5.41, 5.74) is 3.34. The fraction of sp³-hybridized carbons (Fsp3) is 0.476. The van der Waals surface area contributed by atoms with Crippen molar-refractivity contribution in [3.63, 3.8) is 0 Å². The summed E-state index contributed by atoms with van der Waals surface area (Å²) >= 11 is 0. The first-order chi connectivity index (χ1) is 12.9. The monoisotopic (exact) mass is 368 g/mol. The molecule has 1 aliphatic heterocycles. The number of ketones is 1. The SMILES string of the molecule is Cc1nn(C)c(C)c1NC(=O)C(C)N1CCC(C(=O)c2ccccc2)CC1. The minimum atomic E-state index is -0.239. The molecule has 1 saturated heterocycles. The molecule has 0 bridgehead atoms. The Hall–Kier alpha value is -2.47. The number of carbonyl (C=O) groups is 2. The average molecular weight is 368 g/mol. The van der Waals surface area contributed by atoms with E-state index >= 15 is 0 Å². The van der Waals surface area contributed by atoms with Gasteiger partial charge in [0.25, 0.3) is 0 Å². The molecule has 0 radical (unpaired) electrons. The summed E-state index contributed by atoms with van der Waals surface area (Å²) in [7, 11) is 1.87. The van der Waals surface area contributed by atoms with Gasteiger partial charge in [-0.25, -0.2) is 0 Å². The number of piperidine rings is 1. The number of hydrogen-bond acceptors (Lipinski definition) is 4. The summed E-state index contributed by atoms with van der Waals surface area (Å²) in [5.74, 6) is 0.234. The molecule has 1 aromatic heterocycles. The van der Waals surface area contributed by atoms with Gasteiger partial charge in [0.2, 0.25) is 5.91 Å². The van der Waals surface area contributed by atoms with E-state index in [9.17, 15) is 9.59 Å². The van der Waals surface area contributed by atoms with Crippen LogP contribution in [0.2, 0.25) is 0 Å². The molecule has 6 heteroatoms.